The molecule has 0 spiro atoms. The first-order valence-corrected chi connectivity index (χ1v) is 10.7. The normalized spacial score (nSPS) is 16.5. The topological polar surface area (TPSA) is 67.9 Å². The van der Waals surface area contributed by atoms with E-state index in [-0.39, 0.29) is 18.5 Å². The maximum absolute atomic E-state index is 12.5. The van der Waals surface area contributed by atoms with Crippen LogP contribution in [0.5, 0.6) is 0 Å². The van der Waals surface area contributed by atoms with Crippen molar-refractivity contribution in [1.29, 1.82) is 0 Å². The molecular formula is C23H29N5O2. The summed E-state index contributed by atoms with van der Waals surface area (Å²) < 4.78 is 0. The standard InChI is InChI=1S/C23H29N5O2/c29-22(28-15-13-27(14-16-28)20-8-2-1-3-9-20)18-24-23(30)25-19-7-6-10-21(17-19)26-11-4-5-12-26/h1-3,6-10,17H,4-5,11-16,18H2,(H2,24,25,30). The minimum Gasteiger partial charge on any atom is -0.371 e. The second kappa shape index (κ2) is 9.52. The molecule has 158 valence electrons. The number of rotatable bonds is 5. The fourth-order valence-electron chi connectivity index (χ4n) is 4.05. The summed E-state index contributed by atoms with van der Waals surface area (Å²) in [6.07, 6.45) is 2.42. The van der Waals surface area contributed by atoms with Gasteiger partial charge in [-0.2, -0.15) is 0 Å². The summed E-state index contributed by atoms with van der Waals surface area (Å²) in [6.45, 7) is 5.03. The maximum Gasteiger partial charge on any atom is 0.319 e. The number of nitrogens with one attached hydrogen (secondary N) is 2. The maximum atomic E-state index is 12.5. The monoisotopic (exact) mass is 407 g/mol. The minimum absolute atomic E-state index is 0.00296. The Hall–Kier alpha value is -3.22. The summed E-state index contributed by atoms with van der Waals surface area (Å²) in [5, 5.41) is 5.53. The zero-order valence-corrected chi connectivity index (χ0v) is 17.2. The lowest BCUT2D eigenvalue weighted by molar-refractivity contribution is -0.130. The second-order valence-corrected chi connectivity index (χ2v) is 7.76. The van der Waals surface area contributed by atoms with Crippen LogP contribution in [-0.4, -0.2) is 62.7 Å². The molecule has 2 saturated heterocycles. The van der Waals surface area contributed by atoms with Crippen molar-refractivity contribution in [1.82, 2.24) is 10.2 Å². The predicted molar refractivity (Wildman–Crippen MR) is 120 cm³/mol. The van der Waals surface area contributed by atoms with E-state index in [2.05, 4.69) is 38.6 Å². The van der Waals surface area contributed by atoms with Gasteiger partial charge in [0.2, 0.25) is 5.91 Å². The summed E-state index contributed by atoms with van der Waals surface area (Å²) in [5.41, 5.74) is 3.04. The summed E-state index contributed by atoms with van der Waals surface area (Å²) in [6, 6.07) is 17.7. The summed E-state index contributed by atoms with van der Waals surface area (Å²) in [4.78, 5) is 31.1. The van der Waals surface area contributed by atoms with Crippen LogP contribution < -0.4 is 20.4 Å². The third-order valence-corrected chi connectivity index (χ3v) is 5.73. The number of amides is 3. The first-order chi connectivity index (χ1) is 14.7. The van der Waals surface area contributed by atoms with E-state index in [1.165, 1.54) is 18.5 Å². The number of hydrogen-bond acceptors (Lipinski definition) is 4. The number of nitrogens with zero attached hydrogens (tertiary/aromatic N) is 3. The summed E-state index contributed by atoms with van der Waals surface area (Å²) >= 11 is 0. The van der Waals surface area contributed by atoms with Crippen molar-refractivity contribution in [3.8, 4) is 0 Å². The fourth-order valence-corrected chi connectivity index (χ4v) is 4.05. The number of hydrogen-bond donors (Lipinski definition) is 2. The van der Waals surface area contributed by atoms with Crippen LogP contribution in [0.25, 0.3) is 0 Å². The van der Waals surface area contributed by atoms with Crippen molar-refractivity contribution in [2.45, 2.75) is 12.8 Å². The quantitative estimate of drug-likeness (QED) is 0.800. The highest BCUT2D eigenvalue weighted by Gasteiger charge is 2.21. The van der Waals surface area contributed by atoms with Crippen LogP contribution in [0, 0.1) is 0 Å². The molecule has 7 nitrogen and oxygen atoms in total. The third kappa shape index (κ3) is 5.03. The van der Waals surface area contributed by atoms with Gasteiger partial charge in [0, 0.05) is 56.3 Å². The third-order valence-electron chi connectivity index (χ3n) is 5.73. The van der Waals surface area contributed by atoms with Crippen molar-refractivity contribution in [2.24, 2.45) is 0 Å². The van der Waals surface area contributed by atoms with Crippen LogP contribution in [0.4, 0.5) is 21.9 Å². The molecular weight excluding hydrogens is 378 g/mol. The number of urea groups is 1. The van der Waals surface area contributed by atoms with E-state index in [9.17, 15) is 9.59 Å². The molecule has 0 saturated carbocycles. The van der Waals surface area contributed by atoms with Gasteiger partial charge >= 0.3 is 6.03 Å². The highest BCUT2D eigenvalue weighted by atomic mass is 16.2. The van der Waals surface area contributed by atoms with E-state index in [1.807, 2.05) is 41.3 Å². The van der Waals surface area contributed by atoms with Crippen molar-refractivity contribution in [3.05, 3.63) is 54.6 Å². The Morgan fingerprint density at radius 3 is 2.17 bits per heavy atom. The Morgan fingerprint density at radius 1 is 0.767 bits per heavy atom. The Bertz CT molecular complexity index is 859. The first kappa shape index (κ1) is 20.1. The Labute approximate surface area is 177 Å². The van der Waals surface area contributed by atoms with Crippen molar-refractivity contribution >= 4 is 29.0 Å². The van der Waals surface area contributed by atoms with E-state index >= 15 is 0 Å². The molecule has 3 amide bonds. The van der Waals surface area contributed by atoms with Crippen LogP contribution in [-0.2, 0) is 4.79 Å². The van der Waals surface area contributed by atoms with Gasteiger partial charge in [-0.25, -0.2) is 4.79 Å². The van der Waals surface area contributed by atoms with Crippen LogP contribution in [0.15, 0.2) is 54.6 Å². The van der Waals surface area contributed by atoms with Gasteiger partial charge in [0.15, 0.2) is 0 Å². The molecule has 0 atom stereocenters. The van der Waals surface area contributed by atoms with Gasteiger partial charge in [-0.05, 0) is 43.2 Å². The Balaban J connectivity index is 1.21. The first-order valence-electron chi connectivity index (χ1n) is 10.7. The number of para-hydroxylation sites is 1. The number of piperazine rings is 1. The van der Waals surface area contributed by atoms with Crippen molar-refractivity contribution in [2.75, 3.05) is 60.9 Å². The lowest BCUT2D eigenvalue weighted by atomic mass is 10.2. The molecule has 2 N–H and O–H groups in total. The number of carbonyl (C=O) groups excluding carboxylic acids is 2. The molecule has 0 aliphatic carbocycles. The van der Waals surface area contributed by atoms with Crippen LogP contribution in [0.3, 0.4) is 0 Å². The highest BCUT2D eigenvalue weighted by Crippen LogP contribution is 2.23. The van der Waals surface area contributed by atoms with Gasteiger partial charge < -0.3 is 25.3 Å². The smallest absolute Gasteiger partial charge is 0.319 e. The highest BCUT2D eigenvalue weighted by molar-refractivity contribution is 5.92. The minimum atomic E-state index is -0.357. The van der Waals surface area contributed by atoms with Gasteiger partial charge in [-0.15, -0.1) is 0 Å². The Morgan fingerprint density at radius 2 is 1.43 bits per heavy atom. The molecule has 2 aromatic rings. The molecule has 2 heterocycles. The van der Waals surface area contributed by atoms with Crippen molar-refractivity contribution < 1.29 is 9.59 Å². The van der Waals surface area contributed by atoms with Crippen LogP contribution in [0.1, 0.15) is 12.8 Å². The van der Waals surface area contributed by atoms with Crippen molar-refractivity contribution in [3.63, 3.8) is 0 Å². The van der Waals surface area contributed by atoms with Gasteiger partial charge in [0.25, 0.3) is 0 Å². The average Bonchev–Trinajstić information content (AvgIpc) is 3.33. The predicted octanol–water partition coefficient (Wildman–Crippen LogP) is 2.76. The lowest BCUT2D eigenvalue weighted by Crippen LogP contribution is -2.51. The van der Waals surface area contributed by atoms with Gasteiger partial charge in [0.05, 0.1) is 6.54 Å². The molecule has 2 aliphatic rings. The zero-order valence-electron chi connectivity index (χ0n) is 17.2. The Kier molecular flexibility index (Phi) is 6.37. The molecule has 0 bridgehead atoms. The van der Waals surface area contributed by atoms with Gasteiger partial charge in [-0.3, -0.25) is 4.79 Å². The van der Waals surface area contributed by atoms with E-state index in [0.717, 1.165) is 37.6 Å². The second-order valence-electron chi connectivity index (χ2n) is 7.76. The van der Waals surface area contributed by atoms with E-state index in [0.29, 0.717) is 13.1 Å². The molecule has 7 heteroatoms. The SMILES string of the molecule is O=C(NCC(=O)N1CCN(c2ccccc2)CC1)Nc1cccc(N2CCCC2)c1. The zero-order chi connectivity index (χ0) is 20.8. The number of anilines is 3. The molecule has 4 rings (SSSR count). The van der Waals surface area contributed by atoms with E-state index < -0.39 is 0 Å². The van der Waals surface area contributed by atoms with E-state index in [1.54, 1.807) is 0 Å². The van der Waals surface area contributed by atoms with E-state index in [4.69, 9.17) is 0 Å². The number of carbonyl (C=O) groups is 2. The molecule has 2 aromatic carbocycles. The largest absolute Gasteiger partial charge is 0.371 e. The fraction of sp³-hybridized carbons (Fsp3) is 0.391. The molecule has 0 radical (unpaired) electrons. The van der Waals surface area contributed by atoms with Gasteiger partial charge in [-0.1, -0.05) is 24.3 Å². The number of benzene rings is 2. The lowest BCUT2D eigenvalue weighted by Gasteiger charge is -2.36. The molecule has 30 heavy (non-hydrogen) atoms. The summed E-state index contributed by atoms with van der Waals surface area (Å²) in [7, 11) is 0. The van der Waals surface area contributed by atoms with Crippen LogP contribution in [0.2, 0.25) is 0 Å². The summed E-state index contributed by atoms with van der Waals surface area (Å²) in [5.74, 6) is -0.0521. The molecule has 2 aliphatic heterocycles. The average molecular weight is 408 g/mol. The molecule has 0 unspecified atom stereocenters. The molecule has 2 fully saturated rings. The molecule has 0 aromatic heterocycles. The van der Waals surface area contributed by atoms with Crippen LogP contribution >= 0.6 is 0 Å². The van der Waals surface area contributed by atoms with Gasteiger partial charge in [0.1, 0.15) is 0 Å².